The third kappa shape index (κ3) is 3.80. The van der Waals surface area contributed by atoms with Gasteiger partial charge in [0, 0.05) is 6.54 Å². The fourth-order valence-corrected chi connectivity index (χ4v) is 1.11. The highest BCUT2D eigenvalue weighted by molar-refractivity contribution is 6.30. The molecule has 0 saturated carbocycles. The van der Waals surface area contributed by atoms with Crippen molar-refractivity contribution in [3.8, 4) is 0 Å². The lowest BCUT2D eigenvalue weighted by Crippen LogP contribution is -2.30. The Balaban J connectivity index is 2.24. The van der Waals surface area contributed by atoms with Crippen LogP contribution < -0.4 is 5.32 Å². The molecular weight excluding hydrogens is 222 g/mol. The quantitative estimate of drug-likeness (QED) is 0.523. The number of alkyl halides is 1. The fourth-order valence-electron chi connectivity index (χ4n) is 0.916. The van der Waals surface area contributed by atoms with Crippen LogP contribution in [0.5, 0.6) is 0 Å². The molecule has 0 aliphatic carbocycles. The van der Waals surface area contributed by atoms with Crippen LogP contribution in [0, 0.1) is 0 Å². The van der Waals surface area contributed by atoms with Gasteiger partial charge < -0.3 is 10.1 Å². The number of nitrogens with zero attached hydrogens (tertiary/aromatic N) is 4. The molecule has 0 aliphatic rings. The molecule has 0 aliphatic heterocycles. The summed E-state index contributed by atoms with van der Waals surface area (Å²) in [7, 11) is 2.97. The Labute approximate surface area is 91.7 Å². The van der Waals surface area contributed by atoms with Gasteiger partial charge >= 0.3 is 5.97 Å². The molecule has 1 aromatic heterocycles. The summed E-state index contributed by atoms with van der Waals surface area (Å²) >= 11 is 5.70. The van der Waals surface area contributed by atoms with Gasteiger partial charge in [-0.05, 0) is 5.21 Å². The molecule has 8 heteroatoms. The smallest absolute Gasteiger partial charge is 0.325 e. The standard InChI is InChI=1S/C7H12ClN5O2/c1-13-11-6(10-12-13)4-9-3-5(8)7(14)15-2/h5,9H,3-4H2,1-2H3. The summed E-state index contributed by atoms with van der Waals surface area (Å²) in [5.41, 5.74) is 0. The average molecular weight is 234 g/mol. The fraction of sp³-hybridized carbons (Fsp3) is 0.714. The number of rotatable bonds is 5. The van der Waals surface area contributed by atoms with E-state index < -0.39 is 11.3 Å². The van der Waals surface area contributed by atoms with Crippen LogP contribution >= 0.6 is 11.6 Å². The van der Waals surface area contributed by atoms with Gasteiger partial charge in [0.15, 0.2) is 5.82 Å². The van der Waals surface area contributed by atoms with Crippen molar-refractivity contribution in [2.24, 2.45) is 7.05 Å². The number of aryl methyl sites for hydroxylation is 1. The van der Waals surface area contributed by atoms with Crippen molar-refractivity contribution >= 4 is 17.6 Å². The molecule has 1 aromatic rings. The van der Waals surface area contributed by atoms with E-state index in [4.69, 9.17) is 11.6 Å². The molecule has 0 radical (unpaired) electrons. The summed E-state index contributed by atoms with van der Waals surface area (Å²) in [6.07, 6.45) is 0. The molecule has 0 amide bonds. The highest BCUT2D eigenvalue weighted by atomic mass is 35.5. The van der Waals surface area contributed by atoms with Crippen LogP contribution in [-0.2, 0) is 23.1 Å². The summed E-state index contributed by atoms with van der Waals surface area (Å²) in [5, 5.41) is 13.6. The zero-order chi connectivity index (χ0) is 11.3. The van der Waals surface area contributed by atoms with E-state index in [1.165, 1.54) is 11.9 Å². The number of nitrogens with one attached hydrogen (secondary N) is 1. The van der Waals surface area contributed by atoms with E-state index in [0.717, 1.165) is 0 Å². The monoisotopic (exact) mass is 233 g/mol. The topological polar surface area (TPSA) is 81.9 Å². The maximum absolute atomic E-state index is 10.9. The molecule has 7 nitrogen and oxygen atoms in total. The maximum Gasteiger partial charge on any atom is 0.325 e. The van der Waals surface area contributed by atoms with E-state index in [9.17, 15) is 4.79 Å². The predicted molar refractivity (Wildman–Crippen MR) is 52.2 cm³/mol. The second kappa shape index (κ2) is 5.62. The summed E-state index contributed by atoms with van der Waals surface area (Å²) in [5.74, 6) is 0.0857. The minimum Gasteiger partial charge on any atom is -0.468 e. The van der Waals surface area contributed by atoms with Gasteiger partial charge in [-0.2, -0.15) is 4.80 Å². The lowest BCUT2D eigenvalue weighted by atomic mass is 10.4. The highest BCUT2D eigenvalue weighted by Gasteiger charge is 2.14. The minimum absolute atomic E-state index is 0.298. The molecule has 1 rings (SSSR count). The van der Waals surface area contributed by atoms with E-state index in [-0.39, 0.29) is 0 Å². The highest BCUT2D eigenvalue weighted by Crippen LogP contribution is 1.96. The van der Waals surface area contributed by atoms with Gasteiger partial charge in [-0.25, -0.2) is 0 Å². The lowest BCUT2D eigenvalue weighted by molar-refractivity contribution is -0.140. The number of methoxy groups -OCH3 is 1. The molecule has 0 saturated heterocycles. The van der Waals surface area contributed by atoms with Crippen molar-refractivity contribution in [1.29, 1.82) is 0 Å². The molecule has 15 heavy (non-hydrogen) atoms. The van der Waals surface area contributed by atoms with Gasteiger partial charge in [0.1, 0.15) is 5.38 Å². The number of carbonyl (C=O) groups is 1. The molecule has 1 N–H and O–H groups in total. The predicted octanol–water partition coefficient (Wildman–Crippen LogP) is -0.920. The lowest BCUT2D eigenvalue weighted by Gasteiger charge is -2.06. The molecule has 1 atom stereocenters. The number of halogens is 1. The molecule has 1 unspecified atom stereocenters. The van der Waals surface area contributed by atoms with E-state index in [2.05, 4.69) is 25.5 Å². The summed E-state index contributed by atoms with van der Waals surface area (Å²) < 4.78 is 4.46. The average Bonchev–Trinajstić information content (AvgIpc) is 2.63. The normalized spacial score (nSPS) is 12.5. The third-order valence-corrected chi connectivity index (χ3v) is 1.95. The second-order valence-electron chi connectivity index (χ2n) is 2.82. The largest absolute Gasteiger partial charge is 0.468 e. The molecule has 1 heterocycles. The van der Waals surface area contributed by atoms with Crippen LogP contribution in [0.1, 0.15) is 5.82 Å². The number of tetrazole rings is 1. The summed E-state index contributed by atoms with van der Waals surface area (Å²) in [4.78, 5) is 12.3. The Morgan fingerprint density at radius 3 is 3.00 bits per heavy atom. The Bertz CT molecular complexity index is 329. The number of esters is 1. The van der Waals surface area contributed by atoms with Crippen LogP contribution in [0.15, 0.2) is 0 Å². The number of aromatic nitrogens is 4. The van der Waals surface area contributed by atoms with Crippen LogP contribution in [0.2, 0.25) is 0 Å². The van der Waals surface area contributed by atoms with Crippen LogP contribution in [0.25, 0.3) is 0 Å². The van der Waals surface area contributed by atoms with Gasteiger partial charge in [0.25, 0.3) is 0 Å². The van der Waals surface area contributed by atoms with Crippen molar-refractivity contribution < 1.29 is 9.53 Å². The first-order chi connectivity index (χ1) is 7.13. The van der Waals surface area contributed by atoms with Crippen molar-refractivity contribution in [1.82, 2.24) is 25.5 Å². The van der Waals surface area contributed by atoms with Crippen LogP contribution in [-0.4, -0.2) is 45.2 Å². The molecule has 84 valence electrons. The van der Waals surface area contributed by atoms with Gasteiger partial charge in [-0.1, -0.05) is 0 Å². The van der Waals surface area contributed by atoms with E-state index in [1.807, 2.05) is 0 Å². The Morgan fingerprint density at radius 2 is 2.47 bits per heavy atom. The minimum atomic E-state index is -0.702. The van der Waals surface area contributed by atoms with Crippen molar-refractivity contribution in [2.45, 2.75) is 11.9 Å². The zero-order valence-corrected chi connectivity index (χ0v) is 9.23. The van der Waals surface area contributed by atoms with Crippen molar-refractivity contribution in [3.63, 3.8) is 0 Å². The first kappa shape index (κ1) is 11.9. The summed E-state index contributed by atoms with van der Waals surface area (Å²) in [6, 6.07) is 0. The molecular formula is C7H12ClN5O2. The first-order valence-electron chi connectivity index (χ1n) is 4.29. The summed E-state index contributed by atoms with van der Waals surface area (Å²) in [6.45, 7) is 0.709. The van der Waals surface area contributed by atoms with Crippen LogP contribution in [0.4, 0.5) is 0 Å². The number of ether oxygens (including phenoxy) is 1. The van der Waals surface area contributed by atoms with Crippen molar-refractivity contribution in [3.05, 3.63) is 5.82 Å². The number of hydrogen-bond acceptors (Lipinski definition) is 6. The Hall–Kier alpha value is -1.21. The molecule has 0 bridgehead atoms. The Kier molecular flexibility index (Phi) is 4.44. The number of carbonyl (C=O) groups excluding carboxylic acids is 1. The Morgan fingerprint density at radius 1 is 1.73 bits per heavy atom. The van der Waals surface area contributed by atoms with Gasteiger partial charge in [0.05, 0.1) is 20.7 Å². The van der Waals surface area contributed by atoms with Crippen LogP contribution in [0.3, 0.4) is 0 Å². The SMILES string of the molecule is COC(=O)C(Cl)CNCc1nnn(C)n1. The van der Waals surface area contributed by atoms with E-state index in [0.29, 0.717) is 18.9 Å². The molecule has 0 fully saturated rings. The van der Waals surface area contributed by atoms with Gasteiger partial charge in [-0.3, -0.25) is 4.79 Å². The number of hydrogen-bond donors (Lipinski definition) is 1. The van der Waals surface area contributed by atoms with E-state index >= 15 is 0 Å². The first-order valence-corrected chi connectivity index (χ1v) is 4.72. The molecule has 0 spiro atoms. The second-order valence-corrected chi connectivity index (χ2v) is 3.34. The maximum atomic E-state index is 10.9. The third-order valence-electron chi connectivity index (χ3n) is 1.61. The molecule has 0 aromatic carbocycles. The van der Waals surface area contributed by atoms with E-state index in [1.54, 1.807) is 7.05 Å². The van der Waals surface area contributed by atoms with Gasteiger partial charge in [-0.15, -0.1) is 21.8 Å². The van der Waals surface area contributed by atoms with Crippen molar-refractivity contribution in [2.75, 3.05) is 13.7 Å². The van der Waals surface area contributed by atoms with Gasteiger partial charge in [0.2, 0.25) is 0 Å². The zero-order valence-electron chi connectivity index (χ0n) is 8.47.